The Bertz CT molecular complexity index is 424. The first-order valence-electron chi connectivity index (χ1n) is 4.15. The fourth-order valence-electron chi connectivity index (χ4n) is 1.04. The predicted molar refractivity (Wildman–Crippen MR) is 51.8 cm³/mol. The van der Waals surface area contributed by atoms with Crippen LogP contribution in [0.15, 0.2) is 29.1 Å². The van der Waals surface area contributed by atoms with E-state index in [4.69, 9.17) is 14.9 Å². The summed E-state index contributed by atoms with van der Waals surface area (Å²) in [5, 5.41) is 17.4. The van der Waals surface area contributed by atoms with Gasteiger partial charge in [0.25, 0.3) is 0 Å². The second-order valence-corrected chi connectivity index (χ2v) is 2.80. The lowest BCUT2D eigenvalue weighted by atomic mass is 10.2. The third kappa shape index (κ3) is 2.61. The fraction of sp³-hybridized carbons (Fsp3) is 0.200. The highest BCUT2D eigenvalue weighted by atomic mass is 16.5. The predicted octanol–water partition coefficient (Wildman–Crippen LogP) is -0.451. The van der Waals surface area contributed by atoms with Gasteiger partial charge in [-0.15, -0.1) is 0 Å². The van der Waals surface area contributed by atoms with Gasteiger partial charge in [-0.05, 0) is 12.1 Å². The Morgan fingerprint density at radius 3 is 2.60 bits per heavy atom. The quantitative estimate of drug-likeness (QED) is 0.521. The second-order valence-electron chi connectivity index (χ2n) is 2.80. The summed E-state index contributed by atoms with van der Waals surface area (Å²) in [6, 6.07) is 5.05. The van der Waals surface area contributed by atoms with Gasteiger partial charge in [0.2, 0.25) is 17.5 Å². The van der Waals surface area contributed by atoms with Crippen molar-refractivity contribution in [1.29, 1.82) is 0 Å². The first kappa shape index (κ1) is 11.4. The molecule has 0 aliphatic heterocycles. The Morgan fingerprint density at radius 2 is 2.07 bits per heavy atom. The van der Waals surface area contributed by atoms with Crippen molar-refractivity contribution in [2.45, 2.75) is 6.29 Å². The number of ether oxygens (including phenoxy) is 1. The van der Waals surface area contributed by atoms with Crippen LogP contribution in [-0.4, -0.2) is 29.4 Å². The topological polar surface area (TPSA) is 83.8 Å². The van der Waals surface area contributed by atoms with E-state index in [1.807, 2.05) is 0 Å². The Kier molecular flexibility index (Phi) is 3.54. The summed E-state index contributed by atoms with van der Waals surface area (Å²) in [7, 11) is 1.29. The lowest BCUT2D eigenvalue weighted by Gasteiger charge is -2.00. The normalized spacial score (nSPS) is 10.1. The number of Topliss-reactive ketones (excluding diaryl/α,β-unsaturated/α-hetero) is 1. The van der Waals surface area contributed by atoms with E-state index < -0.39 is 12.1 Å². The molecule has 0 bridgehead atoms. The Balaban J connectivity index is 3.29. The Morgan fingerprint density at radius 1 is 1.40 bits per heavy atom. The highest BCUT2D eigenvalue weighted by molar-refractivity contribution is 5.98. The molecule has 0 saturated carbocycles. The molecule has 0 aliphatic rings. The maximum Gasteiger partial charge on any atom is 0.220 e. The highest BCUT2D eigenvalue weighted by Gasteiger charge is 2.14. The monoisotopic (exact) mass is 210 g/mol. The van der Waals surface area contributed by atoms with Crippen molar-refractivity contribution < 1.29 is 19.7 Å². The van der Waals surface area contributed by atoms with Gasteiger partial charge < -0.3 is 14.9 Å². The van der Waals surface area contributed by atoms with Gasteiger partial charge in [-0.1, -0.05) is 12.1 Å². The first-order valence-corrected chi connectivity index (χ1v) is 4.15. The molecule has 0 aromatic heterocycles. The summed E-state index contributed by atoms with van der Waals surface area (Å²) in [5.74, 6) is -0.909. The van der Waals surface area contributed by atoms with Crippen LogP contribution in [0.2, 0.25) is 0 Å². The maximum absolute atomic E-state index is 11.2. The molecule has 15 heavy (non-hydrogen) atoms. The molecular formula is C10H10O5. The SMILES string of the molecule is COc1cc(C(=O)C(O)O)cccc1=O. The van der Waals surface area contributed by atoms with Crippen LogP contribution < -0.4 is 10.2 Å². The Labute approximate surface area is 85.6 Å². The van der Waals surface area contributed by atoms with Crippen molar-refractivity contribution in [1.82, 2.24) is 0 Å². The molecule has 80 valence electrons. The second kappa shape index (κ2) is 4.68. The molecule has 0 radical (unpaired) electrons. The fourth-order valence-corrected chi connectivity index (χ4v) is 1.04. The molecule has 1 aromatic rings. The smallest absolute Gasteiger partial charge is 0.220 e. The Hall–Kier alpha value is -1.72. The molecule has 0 atom stereocenters. The number of aliphatic hydroxyl groups excluding tert-OH is 1. The van der Waals surface area contributed by atoms with Crippen LogP contribution in [0.5, 0.6) is 5.75 Å². The van der Waals surface area contributed by atoms with E-state index >= 15 is 0 Å². The van der Waals surface area contributed by atoms with Gasteiger partial charge in [-0.25, -0.2) is 0 Å². The van der Waals surface area contributed by atoms with E-state index in [9.17, 15) is 9.59 Å². The molecule has 2 N–H and O–H groups in total. The molecule has 0 heterocycles. The van der Waals surface area contributed by atoms with E-state index in [0.29, 0.717) is 0 Å². The van der Waals surface area contributed by atoms with Gasteiger partial charge in [0.05, 0.1) is 7.11 Å². The standard InChI is InChI=1S/C10H10O5/c1-15-8-5-6(9(12)10(13)14)3-2-4-7(8)11/h2-5,10,13-14H,1H3. The van der Waals surface area contributed by atoms with Crippen LogP contribution in [0.1, 0.15) is 10.4 Å². The average Bonchev–Trinajstić information content (AvgIpc) is 2.38. The van der Waals surface area contributed by atoms with Crippen molar-refractivity contribution in [3.63, 3.8) is 0 Å². The van der Waals surface area contributed by atoms with Gasteiger partial charge in [-0.3, -0.25) is 9.59 Å². The highest BCUT2D eigenvalue weighted by Crippen LogP contribution is 2.07. The average molecular weight is 210 g/mol. The third-order valence-corrected chi connectivity index (χ3v) is 1.79. The number of methoxy groups -OCH3 is 1. The number of ketones is 1. The molecular weight excluding hydrogens is 200 g/mol. The zero-order valence-electron chi connectivity index (χ0n) is 8.01. The van der Waals surface area contributed by atoms with E-state index in [-0.39, 0.29) is 16.7 Å². The summed E-state index contributed by atoms with van der Waals surface area (Å²) < 4.78 is 4.75. The molecule has 5 heteroatoms. The minimum atomic E-state index is -2.09. The maximum atomic E-state index is 11.2. The van der Waals surface area contributed by atoms with Crippen molar-refractivity contribution >= 4 is 5.78 Å². The minimum Gasteiger partial charge on any atom is -0.493 e. The number of hydrogen-bond donors (Lipinski definition) is 2. The molecule has 0 unspecified atom stereocenters. The van der Waals surface area contributed by atoms with E-state index in [2.05, 4.69) is 0 Å². The molecule has 0 spiro atoms. The molecule has 0 saturated heterocycles. The largest absolute Gasteiger partial charge is 0.493 e. The van der Waals surface area contributed by atoms with E-state index in [0.717, 1.165) is 0 Å². The van der Waals surface area contributed by atoms with Crippen LogP contribution in [0.3, 0.4) is 0 Å². The van der Waals surface area contributed by atoms with Crippen molar-refractivity contribution in [2.75, 3.05) is 7.11 Å². The summed E-state index contributed by atoms with van der Waals surface area (Å²) >= 11 is 0. The van der Waals surface area contributed by atoms with Crippen LogP contribution in [0.4, 0.5) is 0 Å². The lowest BCUT2D eigenvalue weighted by Crippen LogP contribution is -2.18. The molecule has 1 rings (SSSR count). The summed E-state index contributed by atoms with van der Waals surface area (Å²) in [6.07, 6.45) is -2.09. The third-order valence-electron chi connectivity index (χ3n) is 1.79. The molecule has 0 fully saturated rings. The number of hydrogen-bond acceptors (Lipinski definition) is 5. The van der Waals surface area contributed by atoms with E-state index in [1.54, 1.807) is 0 Å². The minimum absolute atomic E-state index is 0.00366. The van der Waals surface area contributed by atoms with Crippen molar-refractivity contribution in [3.8, 4) is 5.75 Å². The summed E-state index contributed by atoms with van der Waals surface area (Å²) in [5.41, 5.74) is -0.382. The summed E-state index contributed by atoms with van der Waals surface area (Å²) in [6.45, 7) is 0. The number of aliphatic hydroxyl groups is 2. The number of rotatable bonds is 3. The van der Waals surface area contributed by atoms with Crippen LogP contribution >= 0.6 is 0 Å². The van der Waals surface area contributed by atoms with Crippen molar-refractivity contribution in [3.05, 3.63) is 40.1 Å². The molecule has 0 amide bonds. The van der Waals surface area contributed by atoms with Crippen LogP contribution in [-0.2, 0) is 0 Å². The van der Waals surface area contributed by atoms with Gasteiger partial charge >= 0.3 is 0 Å². The summed E-state index contributed by atoms with van der Waals surface area (Å²) in [4.78, 5) is 22.4. The molecule has 0 aliphatic carbocycles. The molecule has 1 aromatic carbocycles. The van der Waals surface area contributed by atoms with Gasteiger partial charge in [0.15, 0.2) is 5.75 Å². The molecule has 5 nitrogen and oxygen atoms in total. The van der Waals surface area contributed by atoms with Crippen molar-refractivity contribution in [2.24, 2.45) is 0 Å². The van der Waals surface area contributed by atoms with Gasteiger partial charge in [0.1, 0.15) is 0 Å². The first-order chi connectivity index (χ1) is 7.06. The van der Waals surface area contributed by atoms with Gasteiger partial charge in [-0.2, -0.15) is 0 Å². The lowest BCUT2D eigenvalue weighted by molar-refractivity contribution is -0.0195. The van der Waals surface area contributed by atoms with Gasteiger partial charge in [0, 0.05) is 5.56 Å². The number of carbonyl (C=O) groups excluding carboxylic acids is 1. The number of carbonyl (C=O) groups is 1. The van der Waals surface area contributed by atoms with Crippen LogP contribution in [0.25, 0.3) is 0 Å². The van der Waals surface area contributed by atoms with Crippen LogP contribution in [0, 0.1) is 0 Å². The zero-order valence-corrected chi connectivity index (χ0v) is 8.01. The zero-order chi connectivity index (χ0) is 11.4. The van der Waals surface area contributed by atoms with E-state index in [1.165, 1.54) is 31.4 Å².